The molecular formula is C16H12ClN3O4. The molecule has 0 atom stereocenters. The Hall–Kier alpha value is -3.06. The van der Waals surface area contributed by atoms with Crippen molar-refractivity contribution >= 4 is 34.2 Å². The largest absolute Gasteiger partial charge is 0.465 e. The van der Waals surface area contributed by atoms with Crippen molar-refractivity contribution in [1.29, 1.82) is 0 Å². The van der Waals surface area contributed by atoms with Crippen LogP contribution in [-0.4, -0.2) is 22.7 Å². The number of ether oxygens (including phenoxy) is 1. The lowest BCUT2D eigenvalue weighted by atomic mass is 10.2. The molecule has 0 unspecified atom stereocenters. The predicted molar refractivity (Wildman–Crippen MR) is 90.6 cm³/mol. The minimum Gasteiger partial charge on any atom is -0.465 e. The van der Waals surface area contributed by atoms with Crippen LogP contribution < -0.4 is 16.5 Å². The Morgan fingerprint density at radius 3 is 2.75 bits per heavy atom. The van der Waals surface area contributed by atoms with Gasteiger partial charge in [0, 0.05) is 17.3 Å². The number of esters is 1. The lowest BCUT2D eigenvalue weighted by Crippen LogP contribution is -2.28. The number of halogens is 1. The average Bonchev–Trinajstić information content (AvgIpc) is 2.56. The summed E-state index contributed by atoms with van der Waals surface area (Å²) in [5.74, 6) is -0.677. The Balaban J connectivity index is 2.23. The molecule has 0 fully saturated rings. The third-order valence-corrected chi connectivity index (χ3v) is 3.61. The highest BCUT2D eigenvalue weighted by molar-refractivity contribution is 6.30. The minimum atomic E-state index is -0.677. The molecule has 8 heteroatoms. The highest BCUT2D eigenvalue weighted by Gasteiger charge is 2.16. The van der Waals surface area contributed by atoms with Crippen LogP contribution in [0, 0.1) is 0 Å². The summed E-state index contributed by atoms with van der Waals surface area (Å²) in [6.45, 7) is 0. The molecule has 2 heterocycles. The number of methoxy groups -OCH3 is 1. The van der Waals surface area contributed by atoms with Crippen LogP contribution in [0.3, 0.4) is 0 Å². The molecule has 0 aliphatic heterocycles. The summed E-state index contributed by atoms with van der Waals surface area (Å²) in [7, 11) is 1.22. The van der Waals surface area contributed by atoms with Crippen LogP contribution in [0.15, 0.2) is 52.2 Å². The summed E-state index contributed by atoms with van der Waals surface area (Å²) < 4.78 is 5.86. The molecule has 0 saturated heterocycles. The number of nitrogens with zero attached hydrogens (tertiary/aromatic N) is 1. The van der Waals surface area contributed by atoms with Crippen LogP contribution in [0.2, 0.25) is 5.02 Å². The first-order valence-corrected chi connectivity index (χ1v) is 7.27. The van der Waals surface area contributed by atoms with Crippen LogP contribution >= 0.6 is 11.6 Å². The Kier molecular flexibility index (Phi) is 4.09. The number of fused-ring (bicyclic) bond motifs is 1. The van der Waals surface area contributed by atoms with Gasteiger partial charge < -0.3 is 9.72 Å². The van der Waals surface area contributed by atoms with Gasteiger partial charge in [0.15, 0.2) is 0 Å². The second kappa shape index (κ2) is 6.21. The van der Waals surface area contributed by atoms with Crippen LogP contribution in [0.4, 0.5) is 5.69 Å². The molecule has 0 bridgehead atoms. The van der Waals surface area contributed by atoms with E-state index in [2.05, 4.69) is 10.4 Å². The molecule has 122 valence electrons. The second-order valence-corrected chi connectivity index (χ2v) is 5.38. The number of hydrogen-bond donors (Lipinski definition) is 2. The molecule has 0 saturated carbocycles. The van der Waals surface area contributed by atoms with Gasteiger partial charge >= 0.3 is 5.97 Å². The zero-order valence-electron chi connectivity index (χ0n) is 12.5. The van der Waals surface area contributed by atoms with E-state index >= 15 is 0 Å². The molecule has 0 spiro atoms. The maximum atomic E-state index is 12.6. The van der Waals surface area contributed by atoms with E-state index < -0.39 is 17.1 Å². The number of aromatic nitrogens is 2. The third kappa shape index (κ3) is 2.89. The van der Waals surface area contributed by atoms with E-state index in [1.807, 2.05) is 0 Å². The van der Waals surface area contributed by atoms with Gasteiger partial charge in [0.1, 0.15) is 5.56 Å². The molecule has 2 N–H and O–H groups in total. The summed E-state index contributed by atoms with van der Waals surface area (Å²) in [6.07, 6.45) is 1.27. The average molecular weight is 346 g/mol. The van der Waals surface area contributed by atoms with E-state index in [-0.39, 0.29) is 16.5 Å². The Labute approximate surface area is 140 Å². The number of aromatic amines is 1. The van der Waals surface area contributed by atoms with Gasteiger partial charge in [0.2, 0.25) is 5.56 Å². The SMILES string of the molecule is COC(=O)c1cn(Nc2cccc(Cl)c2)c(=O)c2ccc(=O)[nH]c12. The molecule has 3 rings (SSSR count). The smallest absolute Gasteiger partial charge is 0.341 e. The van der Waals surface area contributed by atoms with Gasteiger partial charge in [-0.25, -0.2) is 9.47 Å². The van der Waals surface area contributed by atoms with Gasteiger partial charge in [-0.15, -0.1) is 0 Å². The number of pyridine rings is 2. The first kappa shape index (κ1) is 15.8. The van der Waals surface area contributed by atoms with Crippen molar-refractivity contribution in [2.45, 2.75) is 0 Å². The van der Waals surface area contributed by atoms with Crippen molar-refractivity contribution in [1.82, 2.24) is 9.66 Å². The van der Waals surface area contributed by atoms with Crippen LogP contribution in [0.5, 0.6) is 0 Å². The number of H-pyrrole nitrogens is 1. The monoisotopic (exact) mass is 345 g/mol. The van der Waals surface area contributed by atoms with E-state index in [1.54, 1.807) is 24.3 Å². The second-order valence-electron chi connectivity index (χ2n) is 4.94. The van der Waals surface area contributed by atoms with E-state index in [0.717, 1.165) is 4.68 Å². The fourth-order valence-corrected chi connectivity index (χ4v) is 2.48. The molecule has 1 aromatic carbocycles. The molecule has 0 aliphatic carbocycles. The Morgan fingerprint density at radius 2 is 2.04 bits per heavy atom. The summed E-state index contributed by atoms with van der Waals surface area (Å²) >= 11 is 5.93. The number of rotatable bonds is 3. The lowest BCUT2D eigenvalue weighted by Gasteiger charge is -2.13. The normalized spacial score (nSPS) is 10.6. The standard InChI is InChI=1S/C16H12ClN3O4/c1-24-16(23)12-8-20(19-10-4-2-3-9(17)7-10)15(22)11-5-6-13(21)18-14(11)12/h2-8,19H,1H3,(H,18,21). The molecular weight excluding hydrogens is 334 g/mol. The Bertz CT molecular complexity index is 1060. The number of benzene rings is 1. The van der Waals surface area contributed by atoms with Crippen molar-refractivity contribution in [3.8, 4) is 0 Å². The van der Waals surface area contributed by atoms with Gasteiger partial charge in [0.05, 0.1) is 23.7 Å². The van der Waals surface area contributed by atoms with Crippen LogP contribution in [-0.2, 0) is 4.74 Å². The maximum Gasteiger partial charge on any atom is 0.341 e. The zero-order valence-corrected chi connectivity index (χ0v) is 13.3. The van der Waals surface area contributed by atoms with Crippen LogP contribution in [0.25, 0.3) is 10.9 Å². The number of nitrogens with one attached hydrogen (secondary N) is 2. The maximum absolute atomic E-state index is 12.6. The first-order valence-electron chi connectivity index (χ1n) is 6.89. The van der Waals surface area contributed by atoms with Crippen molar-refractivity contribution in [2.75, 3.05) is 12.5 Å². The lowest BCUT2D eigenvalue weighted by molar-refractivity contribution is 0.0602. The van der Waals surface area contributed by atoms with Gasteiger partial charge in [-0.05, 0) is 24.3 Å². The highest BCUT2D eigenvalue weighted by Crippen LogP contribution is 2.16. The van der Waals surface area contributed by atoms with Gasteiger partial charge in [-0.3, -0.25) is 15.0 Å². The Morgan fingerprint density at radius 1 is 1.25 bits per heavy atom. The number of hydrogen-bond acceptors (Lipinski definition) is 5. The summed E-state index contributed by atoms with van der Waals surface area (Å²) in [5.41, 5.74) is 2.74. The number of anilines is 1. The topological polar surface area (TPSA) is 93.2 Å². The number of carbonyl (C=O) groups is 1. The zero-order chi connectivity index (χ0) is 17.3. The molecule has 0 aliphatic rings. The van der Waals surface area contributed by atoms with E-state index in [4.69, 9.17) is 16.3 Å². The molecule has 0 radical (unpaired) electrons. The fourth-order valence-electron chi connectivity index (χ4n) is 2.29. The van der Waals surface area contributed by atoms with Gasteiger partial charge in [-0.2, -0.15) is 0 Å². The highest BCUT2D eigenvalue weighted by atomic mass is 35.5. The van der Waals surface area contributed by atoms with E-state index in [0.29, 0.717) is 10.7 Å². The molecule has 0 amide bonds. The predicted octanol–water partition coefficient (Wildman–Crippen LogP) is 2.00. The minimum absolute atomic E-state index is 0.0549. The molecule has 7 nitrogen and oxygen atoms in total. The van der Waals surface area contributed by atoms with Crippen molar-refractivity contribution in [3.05, 3.63) is 73.9 Å². The van der Waals surface area contributed by atoms with Crippen LogP contribution in [0.1, 0.15) is 10.4 Å². The molecule has 3 aromatic rings. The fraction of sp³-hybridized carbons (Fsp3) is 0.0625. The molecule has 24 heavy (non-hydrogen) atoms. The van der Waals surface area contributed by atoms with E-state index in [1.165, 1.54) is 25.4 Å². The summed E-state index contributed by atoms with van der Waals surface area (Å²) in [5, 5.41) is 0.665. The van der Waals surface area contributed by atoms with Gasteiger partial charge in [0.25, 0.3) is 5.56 Å². The van der Waals surface area contributed by atoms with Crippen molar-refractivity contribution < 1.29 is 9.53 Å². The van der Waals surface area contributed by atoms with E-state index in [9.17, 15) is 14.4 Å². The quantitative estimate of drug-likeness (QED) is 0.708. The first-order chi connectivity index (χ1) is 11.5. The molecule has 2 aromatic heterocycles. The summed E-state index contributed by atoms with van der Waals surface area (Å²) in [6, 6.07) is 9.33. The van der Waals surface area contributed by atoms with Crippen molar-refractivity contribution in [2.24, 2.45) is 0 Å². The summed E-state index contributed by atoms with van der Waals surface area (Å²) in [4.78, 5) is 38.6. The van der Waals surface area contributed by atoms with Gasteiger partial charge in [-0.1, -0.05) is 17.7 Å². The third-order valence-electron chi connectivity index (χ3n) is 3.38. The number of carbonyl (C=O) groups excluding carboxylic acids is 1. The van der Waals surface area contributed by atoms with Crippen molar-refractivity contribution in [3.63, 3.8) is 0 Å².